The van der Waals surface area contributed by atoms with Gasteiger partial charge < -0.3 is 9.59 Å². The quantitative estimate of drug-likeness (QED) is 0.527. The summed E-state index contributed by atoms with van der Waals surface area (Å²) in [7, 11) is 0. The van der Waals surface area contributed by atoms with Crippen LogP contribution in [-0.4, -0.2) is 18.6 Å². The maximum Gasteiger partial charge on any atom is 0.146 e. The Balaban J connectivity index is 2.54. The number of azo groups is 1. The molecule has 0 spiro atoms. The van der Waals surface area contributed by atoms with E-state index < -0.39 is 6.04 Å². The zero-order valence-electron chi connectivity index (χ0n) is 8.24. The van der Waals surface area contributed by atoms with E-state index >= 15 is 0 Å². The fourth-order valence-corrected chi connectivity index (χ4v) is 1.03. The van der Waals surface area contributed by atoms with Gasteiger partial charge >= 0.3 is 0 Å². The van der Waals surface area contributed by atoms with Crippen LogP contribution in [0.1, 0.15) is 12.8 Å². The largest absolute Gasteiger partial charge is 0.303 e. The summed E-state index contributed by atoms with van der Waals surface area (Å²) in [5.74, 6) is 0. The van der Waals surface area contributed by atoms with Crippen molar-refractivity contribution in [2.75, 3.05) is 0 Å². The van der Waals surface area contributed by atoms with Crippen molar-refractivity contribution in [3.05, 3.63) is 30.3 Å². The average molecular weight is 204 g/mol. The minimum atomic E-state index is -0.518. The number of hydrogen-bond acceptors (Lipinski definition) is 4. The molecule has 4 heteroatoms. The molecule has 4 nitrogen and oxygen atoms in total. The second-order valence-electron chi connectivity index (χ2n) is 3.00. The highest BCUT2D eigenvalue weighted by molar-refractivity contribution is 5.59. The topological polar surface area (TPSA) is 58.9 Å². The van der Waals surface area contributed by atoms with Gasteiger partial charge in [0.05, 0.1) is 5.69 Å². The molecule has 0 N–H and O–H groups in total. The summed E-state index contributed by atoms with van der Waals surface area (Å²) in [6.45, 7) is 0. The summed E-state index contributed by atoms with van der Waals surface area (Å²) >= 11 is 0. The lowest BCUT2D eigenvalue weighted by Gasteiger charge is -1.98. The molecule has 1 rings (SSSR count). The molecule has 0 bridgehead atoms. The molecule has 0 aliphatic carbocycles. The molecule has 0 saturated heterocycles. The Morgan fingerprint density at radius 1 is 1.20 bits per heavy atom. The monoisotopic (exact) mass is 204 g/mol. The van der Waals surface area contributed by atoms with Crippen molar-refractivity contribution in [1.82, 2.24) is 0 Å². The maximum absolute atomic E-state index is 10.6. The third-order valence-electron chi connectivity index (χ3n) is 1.82. The van der Waals surface area contributed by atoms with Crippen LogP contribution in [0.25, 0.3) is 0 Å². The van der Waals surface area contributed by atoms with Crippen LogP contribution in [0.2, 0.25) is 0 Å². The van der Waals surface area contributed by atoms with E-state index in [4.69, 9.17) is 0 Å². The van der Waals surface area contributed by atoms with E-state index in [1.165, 1.54) is 0 Å². The highest BCUT2D eigenvalue weighted by atomic mass is 16.1. The highest BCUT2D eigenvalue weighted by Gasteiger charge is 2.03. The van der Waals surface area contributed by atoms with Gasteiger partial charge in [-0.1, -0.05) is 18.2 Å². The van der Waals surface area contributed by atoms with Crippen LogP contribution in [0.15, 0.2) is 40.6 Å². The zero-order valence-corrected chi connectivity index (χ0v) is 8.24. The van der Waals surface area contributed by atoms with Gasteiger partial charge in [0, 0.05) is 6.42 Å². The molecular weight excluding hydrogens is 192 g/mol. The Kier molecular flexibility index (Phi) is 4.94. The van der Waals surface area contributed by atoms with Gasteiger partial charge in [0.1, 0.15) is 18.6 Å². The van der Waals surface area contributed by atoms with Crippen LogP contribution in [0, 0.1) is 0 Å². The molecule has 1 aromatic rings. The van der Waals surface area contributed by atoms with Crippen LogP contribution in [0.5, 0.6) is 0 Å². The summed E-state index contributed by atoms with van der Waals surface area (Å²) in [4.78, 5) is 20.7. The van der Waals surface area contributed by atoms with Crippen molar-refractivity contribution in [1.29, 1.82) is 0 Å². The van der Waals surface area contributed by atoms with Crippen molar-refractivity contribution in [2.45, 2.75) is 18.9 Å². The van der Waals surface area contributed by atoms with Crippen molar-refractivity contribution in [3.8, 4) is 0 Å². The lowest BCUT2D eigenvalue weighted by molar-refractivity contribution is -0.109. The third-order valence-corrected chi connectivity index (χ3v) is 1.82. The number of carbonyl (C=O) groups is 2. The first-order chi connectivity index (χ1) is 7.36. The van der Waals surface area contributed by atoms with Crippen molar-refractivity contribution >= 4 is 18.3 Å². The van der Waals surface area contributed by atoms with Crippen LogP contribution in [0.3, 0.4) is 0 Å². The van der Waals surface area contributed by atoms with Crippen LogP contribution in [0.4, 0.5) is 5.69 Å². The van der Waals surface area contributed by atoms with E-state index in [0.717, 1.165) is 6.29 Å². The summed E-state index contributed by atoms with van der Waals surface area (Å²) in [5.41, 5.74) is 0.704. The SMILES string of the molecule is O=CCCC(C=O)N=Nc1ccccc1. The predicted octanol–water partition coefficient (Wildman–Crippen LogP) is 2.32. The van der Waals surface area contributed by atoms with E-state index in [0.29, 0.717) is 24.8 Å². The number of carbonyl (C=O) groups excluding carboxylic acids is 2. The summed E-state index contributed by atoms with van der Waals surface area (Å²) in [6.07, 6.45) is 2.23. The third kappa shape index (κ3) is 4.26. The molecule has 0 heterocycles. The van der Waals surface area contributed by atoms with Gasteiger partial charge in [-0.15, -0.1) is 0 Å². The van der Waals surface area contributed by atoms with Gasteiger partial charge in [0.2, 0.25) is 0 Å². The first-order valence-corrected chi connectivity index (χ1v) is 4.71. The minimum absolute atomic E-state index is 0.331. The molecule has 0 fully saturated rings. The molecule has 0 aliphatic heterocycles. The van der Waals surface area contributed by atoms with Gasteiger partial charge in [-0.3, -0.25) is 0 Å². The molecule has 0 aliphatic rings. The lowest BCUT2D eigenvalue weighted by Crippen LogP contribution is -2.04. The normalized spacial score (nSPS) is 12.5. The molecular formula is C11H12N2O2. The van der Waals surface area contributed by atoms with Gasteiger partial charge in [0.15, 0.2) is 0 Å². The summed E-state index contributed by atoms with van der Waals surface area (Å²) in [5, 5.41) is 7.76. The summed E-state index contributed by atoms with van der Waals surface area (Å²) < 4.78 is 0. The predicted molar refractivity (Wildman–Crippen MR) is 56.1 cm³/mol. The Bertz CT molecular complexity index is 336. The van der Waals surface area contributed by atoms with Crippen LogP contribution >= 0.6 is 0 Å². The lowest BCUT2D eigenvalue weighted by atomic mass is 10.2. The first kappa shape index (κ1) is 11.2. The van der Waals surface area contributed by atoms with Crippen LogP contribution < -0.4 is 0 Å². The Morgan fingerprint density at radius 3 is 2.53 bits per heavy atom. The van der Waals surface area contributed by atoms with Gasteiger partial charge in [-0.25, -0.2) is 0 Å². The molecule has 1 unspecified atom stereocenters. The van der Waals surface area contributed by atoms with Crippen molar-refractivity contribution < 1.29 is 9.59 Å². The number of benzene rings is 1. The molecule has 0 saturated carbocycles. The first-order valence-electron chi connectivity index (χ1n) is 4.71. The standard InChI is InChI=1S/C11H12N2O2/c14-8-4-7-11(9-15)13-12-10-5-2-1-3-6-10/h1-3,5-6,8-9,11H,4,7H2. The number of aldehydes is 2. The zero-order chi connectivity index (χ0) is 10.9. The highest BCUT2D eigenvalue weighted by Crippen LogP contribution is 2.11. The Hall–Kier alpha value is -1.84. The van der Waals surface area contributed by atoms with E-state index in [1.807, 2.05) is 18.2 Å². The molecule has 1 aromatic carbocycles. The fraction of sp³-hybridized carbons (Fsp3) is 0.273. The molecule has 15 heavy (non-hydrogen) atoms. The van der Waals surface area contributed by atoms with Gasteiger partial charge in [-0.2, -0.15) is 10.2 Å². The fourth-order valence-electron chi connectivity index (χ4n) is 1.03. The Labute approximate surface area is 88.0 Å². The molecule has 78 valence electrons. The molecule has 1 atom stereocenters. The molecule has 0 amide bonds. The number of hydrogen-bond donors (Lipinski definition) is 0. The minimum Gasteiger partial charge on any atom is -0.303 e. The molecule has 0 aromatic heterocycles. The van der Waals surface area contributed by atoms with E-state index in [1.54, 1.807) is 12.1 Å². The van der Waals surface area contributed by atoms with E-state index in [9.17, 15) is 9.59 Å². The van der Waals surface area contributed by atoms with E-state index in [2.05, 4.69) is 10.2 Å². The van der Waals surface area contributed by atoms with Crippen molar-refractivity contribution in [3.63, 3.8) is 0 Å². The van der Waals surface area contributed by atoms with Gasteiger partial charge in [-0.05, 0) is 18.6 Å². The molecule has 0 radical (unpaired) electrons. The van der Waals surface area contributed by atoms with Gasteiger partial charge in [0.25, 0.3) is 0 Å². The second kappa shape index (κ2) is 6.59. The smallest absolute Gasteiger partial charge is 0.146 e. The number of rotatable bonds is 6. The maximum atomic E-state index is 10.6. The van der Waals surface area contributed by atoms with E-state index in [-0.39, 0.29) is 0 Å². The number of nitrogens with zero attached hydrogens (tertiary/aromatic N) is 2. The summed E-state index contributed by atoms with van der Waals surface area (Å²) in [6, 6.07) is 8.64. The second-order valence-corrected chi connectivity index (χ2v) is 3.00. The van der Waals surface area contributed by atoms with Crippen molar-refractivity contribution in [2.24, 2.45) is 10.2 Å². The average Bonchev–Trinajstić information content (AvgIpc) is 2.31. The van der Waals surface area contributed by atoms with Crippen LogP contribution in [-0.2, 0) is 9.59 Å². The Morgan fingerprint density at radius 2 is 1.93 bits per heavy atom.